The molecule has 1 aliphatic heterocycles. The molecule has 1 aromatic carbocycles. The minimum Gasteiger partial charge on any atom is -0.481 e. The minimum atomic E-state index is -3.55. The Morgan fingerprint density at radius 2 is 1.69 bits per heavy atom. The van der Waals surface area contributed by atoms with Gasteiger partial charge in [-0.2, -0.15) is 0 Å². The topological polar surface area (TPSA) is 104 Å². The first-order chi connectivity index (χ1) is 12.3. The van der Waals surface area contributed by atoms with Gasteiger partial charge in [-0.3, -0.25) is 9.59 Å². The molecule has 7 nitrogen and oxygen atoms in total. The number of aryl methyl sites for hydroxylation is 1. The Morgan fingerprint density at radius 1 is 1.12 bits per heavy atom. The minimum absolute atomic E-state index is 0.00947. The highest BCUT2D eigenvalue weighted by molar-refractivity contribution is 7.89. The Balaban J connectivity index is 1.78. The highest BCUT2D eigenvalue weighted by atomic mass is 32.2. The van der Waals surface area contributed by atoms with E-state index in [1.54, 1.807) is 29.2 Å². The van der Waals surface area contributed by atoms with E-state index in [-0.39, 0.29) is 23.3 Å². The van der Waals surface area contributed by atoms with Crippen LogP contribution < -0.4 is 4.72 Å². The Kier molecular flexibility index (Phi) is 7.16. The fourth-order valence-electron chi connectivity index (χ4n) is 2.96. The maximum atomic E-state index is 12.4. The number of carbonyl (C=O) groups excluding carboxylic acids is 1. The Labute approximate surface area is 154 Å². The lowest BCUT2D eigenvalue weighted by Crippen LogP contribution is -2.46. The van der Waals surface area contributed by atoms with Crippen molar-refractivity contribution in [1.29, 1.82) is 0 Å². The Hall–Kier alpha value is -1.93. The number of nitrogens with zero attached hydrogens (tertiary/aromatic N) is 1. The van der Waals surface area contributed by atoms with Gasteiger partial charge in [0.05, 0.1) is 4.90 Å². The fourth-order valence-corrected chi connectivity index (χ4v) is 4.27. The van der Waals surface area contributed by atoms with E-state index in [1.165, 1.54) is 0 Å². The molecule has 0 bridgehead atoms. The molecule has 1 heterocycles. The molecule has 2 rings (SSSR count). The van der Waals surface area contributed by atoms with Crippen LogP contribution in [0.4, 0.5) is 0 Å². The molecule has 1 aliphatic rings. The second-order valence-corrected chi connectivity index (χ2v) is 8.40. The first kappa shape index (κ1) is 20.4. The molecule has 2 N–H and O–H groups in total. The van der Waals surface area contributed by atoms with Crippen molar-refractivity contribution in [2.24, 2.45) is 0 Å². The number of hydrogen-bond acceptors (Lipinski definition) is 4. The van der Waals surface area contributed by atoms with Crippen LogP contribution in [0.1, 0.15) is 44.1 Å². The van der Waals surface area contributed by atoms with E-state index in [2.05, 4.69) is 4.72 Å². The van der Waals surface area contributed by atoms with Crippen LogP contribution in [-0.4, -0.2) is 49.4 Å². The lowest BCUT2D eigenvalue weighted by atomic mass is 10.1. The number of unbranched alkanes of at least 4 members (excludes halogenated alkanes) is 1. The summed E-state index contributed by atoms with van der Waals surface area (Å²) in [6.45, 7) is 2.93. The lowest BCUT2D eigenvalue weighted by molar-refractivity contribution is -0.137. The standard InChI is InChI=1S/C18H26N2O5S/c1-14-6-8-16(9-7-14)26(24,25)19-15-10-12-20(13-11-15)17(21)4-2-3-5-18(22)23/h6-9,15,19H,2-5,10-13H2,1H3,(H,22,23). The van der Waals surface area contributed by atoms with Crippen LogP contribution in [0.15, 0.2) is 29.2 Å². The number of hydrogen-bond donors (Lipinski definition) is 2. The van der Waals surface area contributed by atoms with Gasteiger partial charge in [-0.25, -0.2) is 13.1 Å². The van der Waals surface area contributed by atoms with Gasteiger partial charge in [0.2, 0.25) is 15.9 Å². The quantitative estimate of drug-likeness (QED) is 0.669. The normalized spacial score (nSPS) is 15.8. The van der Waals surface area contributed by atoms with Crippen molar-refractivity contribution in [3.05, 3.63) is 29.8 Å². The molecule has 0 saturated carbocycles. The first-order valence-electron chi connectivity index (χ1n) is 8.86. The molecule has 0 aromatic heterocycles. The van der Waals surface area contributed by atoms with Gasteiger partial charge in [-0.1, -0.05) is 17.7 Å². The Morgan fingerprint density at radius 3 is 2.27 bits per heavy atom. The fraction of sp³-hybridized carbons (Fsp3) is 0.556. The Bertz CT molecular complexity index is 722. The summed E-state index contributed by atoms with van der Waals surface area (Å²) in [6, 6.07) is 6.53. The zero-order chi connectivity index (χ0) is 19.2. The predicted molar refractivity (Wildman–Crippen MR) is 97.2 cm³/mol. The van der Waals surface area contributed by atoms with Gasteiger partial charge in [0, 0.05) is 32.0 Å². The summed E-state index contributed by atoms with van der Waals surface area (Å²) in [5, 5.41) is 8.59. The molecular weight excluding hydrogens is 356 g/mol. The lowest BCUT2D eigenvalue weighted by Gasteiger charge is -2.32. The number of piperidine rings is 1. The molecule has 1 fully saturated rings. The number of carbonyl (C=O) groups is 2. The molecule has 0 radical (unpaired) electrons. The van der Waals surface area contributed by atoms with E-state index in [9.17, 15) is 18.0 Å². The van der Waals surface area contributed by atoms with E-state index in [0.29, 0.717) is 45.2 Å². The number of nitrogens with one attached hydrogen (secondary N) is 1. The van der Waals surface area contributed by atoms with Crippen LogP contribution in [0, 0.1) is 6.92 Å². The van der Waals surface area contributed by atoms with Gasteiger partial charge in [0.15, 0.2) is 0 Å². The van der Waals surface area contributed by atoms with Crippen molar-refractivity contribution >= 4 is 21.9 Å². The molecule has 0 unspecified atom stereocenters. The van der Waals surface area contributed by atoms with Crippen molar-refractivity contribution in [1.82, 2.24) is 9.62 Å². The van der Waals surface area contributed by atoms with Crippen molar-refractivity contribution in [2.75, 3.05) is 13.1 Å². The molecule has 1 aromatic rings. The third-order valence-corrected chi connectivity index (χ3v) is 6.07. The summed E-state index contributed by atoms with van der Waals surface area (Å²) < 4.78 is 27.6. The van der Waals surface area contributed by atoms with E-state index >= 15 is 0 Å². The average Bonchev–Trinajstić information content (AvgIpc) is 2.59. The van der Waals surface area contributed by atoms with Crippen LogP contribution in [0.2, 0.25) is 0 Å². The van der Waals surface area contributed by atoms with Crippen molar-refractivity contribution < 1.29 is 23.1 Å². The SMILES string of the molecule is Cc1ccc(S(=O)(=O)NC2CCN(C(=O)CCCCC(=O)O)CC2)cc1. The highest BCUT2D eigenvalue weighted by Crippen LogP contribution is 2.17. The second-order valence-electron chi connectivity index (χ2n) is 6.69. The molecule has 0 atom stereocenters. The van der Waals surface area contributed by atoms with Crippen LogP contribution in [0.25, 0.3) is 0 Å². The first-order valence-corrected chi connectivity index (χ1v) is 10.3. The van der Waals surface area contributed by atoms with E-state index in [0.717, 1.165) is 5.56 Å². The number of amides is 1. The monoisotopic (exact) mass is 382 g/mol. The van der Waals surface area contributed by atoms with E-state index in [1.807, 2.05) is 6.92 Å². The van der Waals surface area contributed by atoms with Crippen LogP contribution in [0.3, 0.4) is 0 Å². The van der Waals surface area contributed by atoms with Crippen molar-refractivity contribution in [2.45, 2.75) is 56.4 Å². The van der Waals surface area contributed by atoms with Gasteiger partial charge in [0.1, 0.15) is 0 Å². The predicted octanol–water partition coefficient (Wildman–Crippen LogP) is 1.91. The highest BCUT2D eigenvalue weighted by Gasteiger charge is 2.26. The number of sulfonamides is 1. The van der Waals surface area contributed by atoms with Gasteiger partial charge in [0.25, 0.3) is 0 Å². The molecule has 0 aliphatic carbocycles. The molecule has 1 saturated heterocycles. The summed E-state index contributed by atoms with van der Waals surface area (Å²) in [5.74, 6) is -0.839. The van der Waals surface area contributed by atoms with Crippen molar-refractivity contribution in [3.63, 3.8) is 0 Å². The summed E-state index contributed by atoms with van der Waals surface area (Å²) in [6.07, 6.45) is 2.63. The molecule has 26 heavy (non-hydrogen) atoms. The summed E-state index contributed by atoms with van der Waals surface area (Å²) in [5.41, 5.74) is 0.999. The third kappa shape index (κ3) is 6.10. The average molecular weight is 382 g/mol. The molecular formula is C18H26N2O5S. The van der Waals surface area contributed by atoms with Crippen molar-refractivity contribution in [3.8, 4) is 0 Å². The summed E-state index contributed by atoms with van der Waals surface area (Å²) in [4.78, 5) is 24.6. The summed E-state index contributed by atoms with van der Waals surface area (Å²) >= 11 is 0. The van der Waals surface area contributed by atoms with E-state index in [4.69, 9.17) is 5.11 Å². The summed E-state index contributed by atoms with van der Waals surface area (Å²) in [7, 11) is -3.55. The third-order valence-electron chi connectivity index (χ3n) is 4.53. The maximum absolute atomic E-state index is 12.4. The van der Waals surface area contributed by atoms with Crippen LogP contribution >= 0.6 is 0 Å². The molecule has 144 valence electrons. The van der Waals surface area contributed by atoms with Gasteiger partial charge in [-0.15, -0.1) is 0 Å². The van der Waals surface area contributed by atoms with E-state index < -0.39 is 16.0 Å². The van der Waals surface area contributed by atoms with Gasteiger partial charge in [-0.05, 0) is 44.7 Å². The number of rotatable bonds is 8. The molecule has 8 heteroatoms. The van der Waals surface area contributed by atoms with Crippen LogP contribution in [-0.2, 0) is 19.6 Å². The number of likely N-dealkylation sites (tertiary alicyclic amines) is 1. The number of carboxylic acid groups (broad SMARTS) is 1. The molecule has 0 spiro atoms. The maximum Gasteiger partial charge on any atom is 0.303 e. The van der Waals surface area contributed by atoms with Crippen LogP contribution in [0.5, 0.6) is 0 Å². The number of carboxylic acids is 1. The van der Waals surface area contributed by atoms with Gasteiger partial charge >= 0.3 is 5.97 Å². The number of aliphatic carboxylic acids is 1. The molecule has 1 amide bonds. The number of benzene rings is 1. The van der Waals surface area contributed by atoms with Gasteiger partial charge < -0.3 is 10.0 Å². The largest absolute Gasteiger partial charge is 0.481 e. The second kappa shape index (κ2) is 9.14. The zero-order valence-corrected chi connectivity index (χ0v) is 15.8. The zero-order valence-electron chi connectivity index (χ0n) is 15.0. The smallest absolute Gasteiger partial charge is 0.303 e.